The van der Waals surface area contributed by atoms with Gasteiger partial charge >= 0.3 is 0 Å². The van der Waals surface area contributed by atoms with E-state index < -0.39 is 0 Å². The molecule has 0 amide bonds. The Labute approximate surface area is 118 Å². The second kappa shape index (κ2) is 9.36. The maximum absolute atomic E-state index is 8.68. The van der Waals surface area contributed by atoms with Crippen molar-refractivity contribution in [1.82, 2.24) is 5.32 Å². The van der Waals surface area contributed by atoms with Gasteiger partial charge in [0.25, 0.3) is 0 Å². The fraction of sp³-hybridized carbons (Fsp3) is 0.571. The summed E-state index contributed by atoms with van der Waals surface area (Å²) < 4.78 is 6.67. The zero-order valence-electron chi connectivity index (χ0n) is 10.9. The molecule has 3 nitrogen and oxygen atoms in total. The smallest absolute Gasteiger partial charge is 0.123 e. The van der Waals surface area contributed by atoms with Crippen LogP contribution in [0.15, 0.2) is 22.7 Å². The lowest BCUT2D eigenvalue weighted by Gasteiger charge is -2.11. The number of benzene rings is 1. The minimum atomic E-state index is 0.292. The van der Waals surface area contributed by atoms with Crippen LogP contribution in [0.5, 0.6) is 5.75 Å². The number of hydrogen-bond acceptors (Lipinski definition) is 3. The Balaban J connectivity index is 2.37. The van der Waals surface area contributed by atoms with Gasteiger partial charge in [-0.1, -0.05) is 15.9 Å². The molecular formula is C14H22BrNO2. The molecule has 0 saturated carbocycles. The highest BCUT2D eigenvalue weighted by atomic mass is 79.9. The molecule has 0 heterocycles. The van der Waals surface area contributed by atoms with E-state index in [2.05, 4.69) is 27.3 Å². The Hall–Kier alpha value is -0.580. The Bertz CT molecular complexity index is 345. The zero-order chi connectivity index (χ0) is 13.2. The van der Waals surface area contributed by atoms with Gasteiger partial charge in [-0.05, 0) is 50.9 Å². The lowest BCUT2D eigenvalue weighted by Crippen LogP contribution is -2.15. The van der Waals surface area contributed by atoms with Gasteiger partial charge in [0, 0.05) is 23.2 Å². The molecule has 0 aliphatic rings. The third kappa shape index (κ3) is 5.85. The number of nitrogens with one attached hydrogen (secondary N) is 1. The first kappa shape index (κ1) is 15.5. The highest BCUT2D eigenvalue weighted by Crippen LogP contribution is 2.23. The second-order valence-electron chi connectivity index (χ2n) is 4.15. The van der Waals surface area contributed by atoms with E-state index in [1.165, 1.54) is 5.56 Å². The number of ether oxygens (including phenoxy) is 1. The average molecular weight is 316 g/mol. The van der Waals surface area contributed by atoms with Gasteiger partial charge in [0.2, 0.25) is 0 Å². The summed E-state index contributed by atoms with van der Waals surface area (Å²) in [5.74, 6) is 0.948. The summed E-state index contributed by atoms with van der Waals surface area (Å²) >= 11 is 3.48. The van der Waals surface area contributed by atoms with Crippen molar-refractivity contribution >= 4 is 15.9 Å². The first-order chi connectivity index (χ1) is 8.77. The van der Waals surface area contributed by atoms with Gasteiger partial charge in [-0.25, -0.2) is 0 Å². The topological polar surface area (TPSA) is 41.5 Å². The molecule has 102 valence electrons. The molecule has 0 saturated heterocycles. The van der Waals surface area contributed by atoms with E-state index in [-0.39, 0.29) is 0 Å². The Morgan fingerprint density at radius 3 is 2.83 bits per heavy atom. The molecule has 2 N–H and O–H groups in total. The molecule has 0 aromatic heterocycles. The first-order valence-corrected chi connectivity index (χ1v) is 7.30. The van der Waals surface area contributed by atoms with Crippen LogP contribution >= 0.6 is 15.9 Å². The first-order valence-electron chi connectivity index (χ1n) is 6.50. The largest absolute Gasteiger partial charge is 0.494 e. The van der Waals surface area contributed by atoms with Gasteiger partial charge in [0.05, 0.1) is 6.61 Å². The number of aliphatic hydroxyl groups excluding tert-OH is 1. The maximum Gasteiger partial charge on any atom is 0.123 e. The van der Waals surface area contributed by atoms with E-state index >= 15 is 0 Å². The lowest BCUT2D eigenvalue weighted by molar-refractivity contribution is 0.283. The molecule has 1 rings (SSSR count). The summed E-state index contributed by atoms with van der Waals surface area (Å²) in [6.07, 6.45) is 3.06. The van der Waals surface area contributed by atoms with Crippen LogP contribution in [0.2, 0.25) is 0 Å². The van der Waals surface area contributed by atoms with E-state index in [1.807, 2.05) is 19.1 Å². The van der Waals surface area contributed by atoms with Crippen molar-refractivity contribution in [1.29, 1.82) is 0 Å². The SMILES string of the molecule is CCOc1ccc(Br)cc1CNCCCCCO. The van der Waals surface area contributed by atoms with Crippen molar-refractivity contribution < 1.29 is 9.84 Å². The van der Waals surface area contributed by atoms with E-state index in [9.17, 15) is 0 Å². The minimum Gasteiger partial charge on any atom is -0.494 e. The minimum absolute atomic E-state index is 0.292. The molecular weight excluding hydrogens is 294 g/mol. The maximum atomic E-state index is 8.68. The number of hydrogen-bond donors (Lipinski definition) is 2. The average Bonchev–Trinajstić information content (AvgIpc) is 2.37. The summed E-state index contributed by atoms with van der Waals surface area (Å²) in [7, 11) is 0. The number of aliphatic hydroxyl groups is 1. The van der Waals surface area contributed by atoms with Crippen molar-refractivity contribution in [2.75, 3.05) is 19.8 Å². The normalized spacial score (nSPS) is 10.6. The van der Waals surface area contributed by atoms with Crippen LogP contribution in [0.1, 0.15) is 31.7 Å². The number of halogens is 1. The molecule has 0 aliphatic carbocycles. The van der Waals surface area contributed by atoms with E-state index in [0.717, 1.165) is 42.6 Å². The van der Waals surface area contributed by atoms with Crippen LogP contribution in [0, 0.1) is 0 Å². The van der Waals surface area contributed by atoms with Crippen molar-refractivity contribution in [3.8, 4) is 5.75 Å². The van der Waals surface area contributed by atoms with Crippen molar-refractivity contribution in [3.63, 3.8) is 0 Å². The second-order valence-corrected chi connectivity index (χ2v) is 5.06. The molecule has 0 spiro atoms. The van der Waals surface area contributed by atoms with Crippen LogP contribution < -0.4 is 10.1 Å². The molecule has 0 bridgehead atoms. The van der Waals surface area contributed by atoms with Crippen LogP contribution in [-0.2, 0) is 6.54 Å². The van der Waals surface area contributed by atoms with Gasteiger partial charge in [-0.15, -0.1) is 0 Å². The molecule has 1 aromatic rings. The summed E-state index contributed by atoms with van der Waals surface area (Å²) in [5.41, 5.74) is 1.17. The summed E-state index contributed by atoms with van der Waals surface area (Å²) in [4.78, 5) is 0. The molecule has 0 aliphatic heterocycles. The van der Waals surface area contributed by atoms with E-state index in [1.54, 1.807) is 0 Å². The molecule has 0 radical (unpaired) electrons. The Kier molecular flexibility index (Phi) is 8.05. The van der Waals surface area contributed by atoms with Gasteiger partial charge in [-0.3, -0.25) is 0 Å². The van der Waals surface area contributed by atoms with Gasteiger partial charge < -0.3 is 15.2 Å². The standard InChI is InChI=1S/C14H22BrNO2/c1-2-18-14-7-6-13(15)10-12(14)11-16-8-4-3-5-9-17/h6-7,10,16-17H,2-5,8-9,11H2,1H3. The van der Waals surface area contributed by atoms with E-state index in [4.69, 9.17) is 9.84 Å². The molecule has 4 heteroatoms. The summed E-state index contributed by atoms with van der Waals surface area (Å²) in [5, 5.41) is 12.1. The summed E-state index contributed by atoms with van der Waals surface area (Å²) in [6.45, 7) is 4.76. The fourth-order valence-electron chi connectivity index (χ4n) is 1.74. The Morgan fingerprint density at radius 1 is 1.28 bits per heavy atom. The predicted molar refractivity (Wildman–Crippen MR) is 78.0 cm³/mol. The number of rotatable bonds is 9. The third-order valence-corrected chi connectivity index (χ3v) is 3.14. The van der Waals surface area contributed by atoms with Crippen molar-refractivity contribution in [2.45, 2.75) is 32.7 Å². The van der Waals surface area contributed by atoms with Crippen molar-refractivity contribution in [3.05, 3.63) is 28.2 Å². The Morgan fingerprint density at radius 2 is 2.11 bits per heavy atom. The van der Waals surface area contributed by atoms with Crippen LogP contribution in [0.4, 0.5) is 0 Å². The van der Waals surface area contributed by atoms with Gasteiger partial charge in [0.15, 0.2) is 0 Å². The van der Waals surface area contributed by atoms with Gasteiger partial charge in [-0.2, -0.15) is 0 Å². The quantitative estimate of drug-likeness (QED) is 0.688. The third-order valence-electron chi connectivity index (χ3n) is 2.65. The highest BCUT2D eigenvalue weighted by Gasteiger charge is 2.03. The summed E-state index contributed by atoms with van der Waals surface area (Å²) in [6, 6.07) is 6.08. The van der Waals surface area contributed by atoms with E-state index in [0.29, 0.717) is 13.2 Å². The van der Waals surface area contributed by atoms with Crippen LogP contribution in [-0.4, -0.2) is 24.9 Å². The monoisotopic (exact) mass is 315 g/mol. The number of unbranched alkanes of at least 4 members (excludes halogenated alkanes) is 2. The van der Waals surface area contributed by atoms with Crippen LogP contribution in [0.3, 0.4) is 0 Å². The molecule has 1 aromatic carbocycles. The zero-order valence-corrected chi connectivity index (χ0v) is 12.5. The van der Waals surface area contributed by atoms with Crippen LogP contribution in [0.25, 0.3) is 0 Å². The van der Waals surface area contributed by atoms with Gasteiger partial charge in [0.1, 0.15) is 5.75 Å². The lowest BCUT2D eigenvalue weighted by atomic mass is 10.2. The fourth-order valence-corrected chi connectivity index (χ4v) is 2.15. The molecule has 0 fully saturated rings. The predicted octanol–water partition coefficient (Wildman–Crippen LogP) is 3.10. The molecule has 18 heavy (non-hydrogen) atoms. The molecule has 0 atom stereocenters. The van der Waals surface area contributed by atoms with Crippen molar-refractivity contribution in [2.24, 2.45) is 0 Å². The molecule has 0 unspecified atom stereocenters. The highest BCUT2D eigenvalue weighted by molar-refractivity contribution is 9.10.